The molecule has 2 N–H and O–H groups in total. The number of aromatic nitrogens is 4. The number of carbonyl (C=O) groups is 1. The number of amides is 1. The van der Waals surface area contributed by atoms with E-state index in [4.69, 9.17) is 0 Å². The minimum atomic E-state index is -2.64. The molecule has 0 aliphatic heterocycles. The summed E-state index contributed by atoms with van der Waals surface area (Å²) in [5.74, 6) is 0.157. The molecule has 0 aromatic carbocycles. The van der Waals surface area contributed by atoms with Crippen molar-refractivity contribution >= 4 is 34.1 Å². The molecule has 0 fully saturated rings. The molecule has 0 atom stereocenters. The largest absolute Gasteiger partial charge is 0.353 e. The zero-order valence-electron chi connectivity index (χ0n) is 14.0. The lowest BCUT2D eigenvalue weighted by Gasteiger charge is -2.05. The van der Waals surface area contributed by atoms with Crippen LogP contribution < -0.4 is 5.32 Å². The standard InChI is InChI=1S/C18H13F2N5OS/c1-9(26)23-13-7-10(4-6-21-13)15-14(16-11(24-15)3-2-5-22-16)18-25-12(8-27-18)17(19)20/h2-8,17,24H,1H3,(H,21,23,26). The molecule has 0 aliphatic rings. The van der Waals surface area contributed by atoms with Crippen LogP contribution in [0.3, 0.4) is 0 Å². The van der Waals surface area contributed by atoms with Crippen LogP contribution in [0.1, 0.15) is 19.0 Å². The molecule has 0 spiro atoms. The Morgan fingerprint density at radius 2 is 2.11 bits per heavy atom. The number of alkyl halides is 2. The van der Waals surface area contributed by atoms with Gasteiger partial charge in [0, 0.05) is 30.3 Å². The fourth-order valence-corrected chi connectivity index (χ4v) is 3.64. The smallest absolute Gasteiger partial charge is 0.281 e. The number of aromatic amines is 1. The van der Waals surface area contributed by atoms with E-state index < -0.39 is 6.43 Å². The van der Waals surface area contributed by atoms with Crippen molar-refractivity contribution in [2.45, 2.75) is 13.3 Å². The second-order valence-corrected chi connectivity index (χ2v) is 6.62. The van der Waals surface area contributed by atoms with Gasteiger partial charge in [-0.1, -0.05) is 0 Å². The molecule has 0 unspecified atom stereocenters. The van der Waals surface area contributed by atoms with E-state index >= 15 is 0 Å². The molecule has 1 amide bonds. The average molecular weight is 385 g/mol. The number of hydrogen-bond donors (Lipinski definition) is 2. The molecule has 27 heavy (non-hydrogen) atoms. The molecule has 136 valence electrons. The predicted octanol–water partition coefficient (Wildman–Crippen LogP) is 4.64. The fraction of sp³-hybridized carbons (Fsp3) is 0.111. The molecule has 0 bridgehead atoms. The highest BCUT2D eigenvalue weighted by Gasteiger charge is 2.21. The molecule has 4 heterocycles. The minimum absolute atomic E-state index is 0.236. The molecular weight excluding hydrogens is 372 g/mol. The second-order valence-electron chi connectivity index (χ2n) is 5.76. The summed E-state index contributed by atoms with van der Waals surface area (Å²) in [5.41, 5.74) is 3.18. The quantitative estimate of drug-likeness (QED) is 0.536. The molecule has 0 saturated heterocycles. The van der Waals surface area contributed by atoms with E-state index in [2.05, 4.69) is 25.3 Å². The summed E-state index contributed by atoms with van der Waals surface area (Å²) in [6, 6.07) is 7.11. The van der Waals surface area contributed by atoms with Crippen LogP contribution in [0.5, 0.6) is 0 Å². The van der Waals surface area contributed by atoms with E-state index in [1.165, 1.54) is 12.3 Å². The van der Waals surface area contributed by atoms with Gasteiger partial charge in [-0.3, -0.25) is 9.78 Å². The van der Waals surface area contributed by atoms with Crippen LogP contribution in [0.2, 0.25) is 0 Å². The normalized spacial score (nSPS) is 11.3. The van der Waals surface area contributed by atoms with Crippen LogP contribution in [0.4, 0.5) is 14.6 Å². The van der Waals surface area contributed by atoms with E-state index in [-0.39, 0.29) is 11.6 Å². The summed E-state index contributed by atoms with van der Waals surface area (Å²) in [6.45, 7) is 1.40. The Kier molecular flexibility index (Phi) is 4.36. The van der Waals surface area contributed by atoms with Gasteiger partial charge in [0.2, 0.25) is 5.91 Å². The van der Waals surface area contributed by atoms with Crippen molar-refractivity contribution in [3.05, 3.63) is 47.7 Å². The van der Waals surface area contributed by atoms with Gasteiger partial charge in [-0.2, -0.15) is 0 Å². The van der Waals surface area contributed by atoms with Crippen LogP contribution >= 0.6 is 11.3 Å². The zero-order chi connectivity index (χ0) is 19.0. The highest BCUT2D eigenvalue weighted by atomic mass is 32.1. The maximum Gasteiger partial charge on any atom is 0.281 e. The Morgan fingerprint density at radius 1 is 1.26 bits per heavy atom. The lowest BCUT2D eigenvalue weighted by atomic mass is 10.1. The maximum atomic E-state index is 13.0. The molecule has 0 saturated carbocycles. The number of fused-ring (bicyclic) bond motifs is 1. The first-order chi connectivity index (χ1) is 13.0. The third-order valence-corrected chi connectivity index (χ3v) is 4.74. The van der Waals surface area contributed by atoms with Gasteiger partial charge in [-0.25, -0.2) is 18.7 Å². The van der Waals surface area contributed by atoms with Crippen LogP contribution in [-0.2, 0) is 4.79 Å². The second kappa shape index (κ2) is 6.84. The monoisotopic (exact) mass is 385 g/mol. The van der Waals surface area contributed by atoms with E-state index in [1.807, 2.05) is 6.07 Å². The van der Waals surface area contributed by atoms with Crippen molar-refractivity contribution in [1.29, 1.82) is 0 Å². The first-order valence-electron chi connectivity index (χ1n) is 7.97. The molecule has 4 aromatic rings. The lowest BCUT2D eigenvalue weighted by Crippen LogP contribution is -2.07. The lowest BCUT2D eigenvalue weighted by molar-refractivity contribution is -0.114. The minimum Gasteiger partial charge on any atom is -0.353 e. The number of thiazole rings is 1. The summed E-state index contributed by atoms with van der Waals surface area (Å²) in [4.78, 5) is 27.2. The summed E-state index contributed by atoms with van der Waals surface area (Å²) in [5, 5.41) is 4.43. The van der Waals surface area contributed by atoms with Gasteiger partial charge in [0.25, 0.3) is 6.43 Å². The van der Waals surface area contributed by atoms with Gasteiger partial charge in [0.15, 0.2) is 0 Å². The van der Waals surface area contributed by atoms with E-state index in [9.17, 15) is 13.6 Å². The average Bonchev–Trinajstić information content (AvgIpc) is 3.26. The summed E-state index contributed by atoms with van der Waals surface area (Å²) >= 11 is 1.14. The summed E-state index contributed by atoms with van der Waals surface area (Å²) < 4.78 is 26.0. The Balaban J connectivity index is 1.91. The zero-order valence-corrected chi connectivity index (χ0v) is 14.8. The fourth-order valence-electron chi connectivity index (χ4n) is 2.78. The number of H-pyrrole nitrogens is 1. The van der Waals surface area contributed by atoms with Crippen LogP contribution in [0.15, 0.2) is 42.0 Å². The van der Waals surface area contributed by atoms with Crippen molar-refractivity contribution in [3.63, 3.8) is 0 Å². The molecular formula is C18H13F2N5OS. The Bertz CT molecular complexity index is 1140. The summed E-state index contributed by atoms with van der Waals surface area (Å²) in [6.07, 6.45) is 0.569. The van der Waals surface area contributed by atoms with Crippen LogP contribution in [0.25, 0.3) is 32.9 Å². The van der Waals surface area contributed by atoms with E-state index in [1.54, 1.807) is 30.6 Å². The Hall–Kier alpha value is -3.20. The Labute approximate surface area is 156 Å². The predicted molar refractivity (Wildman–Crippen MR) is 99.7 cm³/mol. The molecule has 0 radical (unpaired) electrons. The van der Waals surface area contributed by atoms with E-state index in [0.29, 0.717) is 27.6 Å². The van der Waals surface area contributed by atoms with Gasteiger partial charge in [-0.15, -0.1) is 11.3 Å². The number of anilines is 1. The first kappa shape index (κ1) is 17.2. The van der Waals surface area contributed by atoms with Crippen molar-refractivity contribution in [3.8, 4) is 21.8 Å². The number of halogens is 2. The van der Waals surface area contributed by atoms with Crippen molar-refractivity contribution < 1.29 is 13.6 Å². The SMILES string of the molecule is CC(=O)Nc1cc(-c2[nH]c3cccnc3c2-c2nc(C(F)F)cs2)ccn1. The Morgan fingerprint density at radius 3 is 2.85 bits per heavy atom. The molecule has 6 nitrogen and oxygen atoms in total. The van der Waals surface area contributed by atoms with E-state index in [0.717, 1.165) is 22.4 Å². The van der Waals surface area contributed by atoms with Gasteiger partial charge >= 0.3 is 0 Å². The number of pyridine rings is 2. The van der Waals surface area contributed by atoms with Gasteiger partial charge in [-0.05, 0) is 24.3 Å². The summed E-state index contributed by atoms with van der Waals surface area (Å²) in [7, 11) is 0. The third-order valence-electron chi connectivity index (χ3n) is 3.87. The molecule has 9 heteroatoms. The van der Waals surface area contributed by atoms with Crippen LogP contribution in [-0.4, -0.2) is 25.8 Å². The number of carbonyl (C=O) groups excluding carboxylic acids is 1. The number of hydrogen-bond acceptors (Lipinski definition) is 5. The third kappa shape index (κ3) is 3.28. The number of rotatable bonds is 4. The first-order valence-corrected chi connectivity index (χ1v) is 8.85. The number of nitrogens with one attached hydrogen (secondary N) is 2. The van der Waals surface area contributed by atoms with Crippen molar-refractivity contribution in [2.24, 2.45) is 0 Å². The van der Waals surface area contributed by atoms with Crippen molar-refractivity contribution in [2.75, 3.05) is 5.32 Å². The maximum absolute atomic E-state index is 13.0. The topological polar surface area (TPSA) is 83.6 Å². The molecule has 0 aliphatic carbocycles. The highest BCUT2D eigenvalue weighted by Crippen LogP contribution is 2.39. The number of nitrogens with zero attached hydrogens (tertiary/aromatic N) is 3. The van der Waals surface area contributed by atoms with Crippen molar-refractivity contribution in [1.82, 2.24) is 19.9 Å². The van der Waals surface area contributed by atoms with Gasteiger partial charge in [0.05, 0.1) is 22.3 Å². The highest BCUT2D eigenvalue weighted by molar-refractivity contribution is 7.13. The van der Waals surface area contributed by atoms with Gasteiger partial charge in [0.1, 0.15) is 16.5 Å². The van der Waals surface area contributed by atoms with Crippen LogP contribution in [0, 0.1) is 0 Å². The molecule has 4 aromatic heterocycles. The van der Waals surface area contributed by atoms with Gasteiger partial charge < -0.3 is 10.3 Å². The molecule has 4 rings (SSSR count).